The number of H-pyrrole nitrogens is 1. The highest BCUT2D eigenvalue weighted by atomic mass is 16.5. The number of nitrogens with one attached hydrogen (secondary N) is 1. The number of imidazole rings is 1. The van der Waals surface area contributed by atoms with Crippen LogP contribution in [-0.2, 0) is 9.53 Å². The van der Waals surface area contributed by atoms with Crippen LogP contribution in [0.5, 0.6) is 5.88 Å². The van der Waals surface area contributed by atoms with Crippen molar-refractivity contribution in [3.8, 4) is 17.3 Å². The van der Waals surface area contributed by atoms with Crippen molar-refractivity contribution >= 4 is 11.8 Å². The van der Waals surface area contributed by atoms with Gasteiger partial charge in [0.05, 0.1) is 7.11 Å². The van der Waals surface area contributed by atoms with Crippen molar-refractivity contribution in [1.82, 2.24) is 9.97 Å². The molecule has 92 valence electrons. The van der Waals surface area contributed by atoms with Crippen molar-refractivity contribution in [1.29, 1.82) is 0 Å². The van der Waals surface area contributed by atoms with Crippen LogP contribution in [0.4, 0.5) is 0 Å². The van der Waals surface area contributed by atoms with Crippen LogP contribution in [0.15, 0.2) is 30.3 Å². The van der Waals surface area contributed by atoms with Crippen LogP contribution in [-0.4, -0.2) is 33.9 Å². The number of esters is 1. The summed E-state index contributed by atoms with van der Waals surface area (Å²) in [5.41, 5.74) is 0.414. The van der Waals surface area contributed by atoms with Gasteiger partial charge in [-0.1, -0.05) is 30.3 Å². The summed E-state index contributed by atoms with van der Waals surface area (Å²) in [6.45, 7) is 0. The highest BCUT2D eigenvalue weighted by Crippen LogP contribution is 2.22. The number of carbonyl (C=O) groups is 2. The van der Waals surface area contributed by atoms with Gasteiger partial charge in [0.25, 0.3) is 5.78 Å². The average molecular weight is 246 g/mol. The molecule has 1 aromatic heterocycles. The molecule has 2 rings (SSSR count). The summed E-state index contributed by atoms with van der Waals surface area (Å²) in [4.78, 5) is 29.0. The molecule has 0 aliphatic rings. The molecule has 0 aliphatic heterocycles. The fourth-order valence-electron chi connectivity index (χ4n) is 1.45. The van der Waals surface area contributed by atoms with E-state index >= 15 is 0 Å². The number of aromatic hydroxyl groups is 1. The molecule has 0 saturated heterocycles. The maximum atomic E-state index is 11.5. The van der Waals surface area contributed by atoms with E-state index < -0.39 is 17.6 Å². The Kier molecular flexibility index (Phi) is 3.09. The molecule has 6 heteroatoms. The molecule has 0 unspecified atom stereocenters. The average Bonchev–Trinajstić information content (AvgIpc) is 2.80. The second-order valence-corrected chi connectivity index (χ2v) is 3.47. The number of ketones is 1. The molecule has 6 nitrogen and oxygen atoms in total. The third-order valence-corrected chi connectivity index (χ3v) is 2.33. The normalized spacial score (nSPS) is 10.1. The van der Waals surface area contributed by atoms with Crippen molar-refractivity contribution < 1.29 is 19.4 Å². The molecule has 0 aliphatic carbocycles. The Bertz CT molecular complexity index is 589. The first-order chi connectivity index (χ1) is 8.63. The summed E-state index contributed by atoms with van der Waals surface area (Å²) in [6.07, 6.45) is 0. The minimum atomic E-state index is -1.06. The predicted octanol–water partition coefficient (Wildman–Crippen LogP) is 1.14. The highest BCUT2D eigenvalue weighted by Gasteiger charge is 2.24. The van der Waals surface area contributed by atoms with E-state index in [4.69, 9.17) is 0 Å². The zero-order chi connectivity index (χ0) is 13.1. The van der Waals surface area contributed by atoms with Gasteiger partial charge in [-0.25, -0.2) is 4.79 Å². The molecular weight excluding hydrogens is 236 g/mol. The SMILES string of the molecule is COC(=O)C(=O)c1[nH]c(-c2ccccc2)nc1O. The lowest BCUT2D eigenvalue weighted by Gasteiger charge is -1.96. The van der Waals surface area contributed by atoms with Gasteiger partial charge in [0.2, 0.25) is 5.88 Å². The second kappa shape index (κ2) is 4.70. The number of ether oxygens (including phenoxy) is 1. The number of hydrogen-bond donors (Lipinski definition) is 2. The van der Waals surface area contributed by atoms with Crippen molar-refractivity contribution in [2.45, 2.75) is 0 Å². The Morgan fingerprint density at radius 1 is 1.28 bits per heavy atom. The molecule has 2 N–H and O–H groups in total. The number of hydrogen-bond acceptors (Lipinski definition) is 5. The number of methoxy groups -OCH3 is 1. The van der Waals surface area contributed by atoms with E-state index in [-0.39, 0.29) is 5.69 Å². The van der Waals surface area contributed by atoms with Crippen LogP contribution in [0, 0.1) is 0 Å². The summed E-state index contributed by atoms with van der Waals surface area (Å²) in [5.74, 6) is -2.25. The lowest BCUT2D eigenvalue weighted by atomic mass is 10.2. The molecule has 0 spiro atoms. The maximum Gasteiger partial charge on any atom is 0.381 e. The molecule has 2 aromatic rings. The molecule has 1 heterocycles. The Balaban J connectivity index is 2.39. The molecule has 0 amide bonds. The van der Waals surface area contributed by atoms with Gasteiger partial charge < -0.3 is 14.8 Å². The van der Waals surface area contributed by atoms with Gasteiger partial charge in [-0.2, -0.15) is 4.98 Å². The largest absolute Gasteiger partial charge is 0.492 e. The quantitative estimate of drug-likeness (QED) is 0.481. The lowest BCUT2D eigenvalue weighted by molar-refractivity contribution is -0.135. The van der Waals surface area contributed by atoms with E-state index in [9.17, 15) is 14.7 Å². The smallest absolute Gasteiger partial charge is 0.381 e. The summed E-state index contributed by atoms with van der Waals surface area (Å²) < 4.78 is 4.29. The predicted molar refractivity (Wildman–Crippen MR) is 62.0 cm³/mol. The minimum Gasteiger partial charge on any atom is -0.492 e. The van der Waals surface area contributed by atoms with Crippen LogP contribution >= 0.6 is 0 Å². The molecular formula is C12H10N2O4. The van der Waals surface area contributed by atoms with E-state index in [1.165, 1.54) is 0 Å². The van der Waals surface area contributed by atoms with Gasteiger partial charge in [-0.3, -0.25) is 4.79 Å². The first-order valence-corrected chi connectivity index (χ1v) is 5.10. The summed E-state index contributed by atoms with van der Waals surface area (Å²) >= 11 is 0. The fraction of sp³-hybridized carbons (Fsp3) is 0.0833. The third-order valence-electron chi connectivity index (χ3n) is 2.33. The van der Waals surface area contributed by atoms with Crippen LogP contribution < -0.4 is 0 Å². The van der Waals surface area contributed by atoms with Crippen LogP contribution in [0.2, 0.25) is 0 Å². The third kappa shape index (κ3) is 2.08. The van der Waals surface area contributed by atoms with E-state index in [0.717, 1.165) is 7.11 Å². The van der Waals surface area contributed by atoms with Crippen molar-refractivity contribution in [2.75, 3.05) is 7.11 Å². The van der Waals surface area contributed by atoms with Crippen LogP contribution in [0.1, 0.15) is 10.5 Å². The Morgan fingerprint density at radius 3 is 2.56 bits per heavy atom. The molecule has 0 bridgehead atoms. The van der Waals surface area contributed by atoms with E-state index in [1.807, 2.05) is 6.07 Å². The molecule has 18 heavy (non-hydrogen) atoms. The number of benzene rings is 1. The van der Waals surface area contributed by atoms with Gasteiger partial charge >= 0.3 is 5.97 Å². The van der Waals surface area contributed by atoms with Crippen LogP contribution in [0.25, 0.3) is 11.4 Å². The first-order valence-electron chi connectivity index (χ1n) is 5.10. The zero-order valence-corrected chi connectivity index (χ0v) is 9.51. The highest BCUT2D eigenvalue weighted by molar-refractivity contribution is 6.40. The van der Waals surface area contributed by atoms with Crippen LogP contribution in [0.3, 0.4) is 0 Å². The fourth-order valence-corrected chi connectivity index (χ4v) is 1.45. The maximum absolute atomic E-state index is 11.5. The molecule has 0 fully saturated rings. The Morgan fingerprint density at radius 2 is 1.94 bits per heavy atom. The number of aromatic nitrogens is 2. The van der Waals surface area contributed by atoms with Gasteiger partial charge in [-0.15, -0.1) is 0 Å². The Labute approximate surface area is 102 Å². The first kappa shape index (κ1) is 11.8. The minimum absolute atomic E-state index is 0.277. The van der Waals surface area contributed by atoms with Crippen molar-refractivity contribution in [3.05, 3.63) is 36.0 Å². The monoisotopic (exact) mass is 246 g/mol. The number of aromatic amines is 1. The summed E-state index contributed by atoms with van der Waals surface area (Å²) in [7, 11) is 1.09. The van der Waals surface area contributed by atoms with E-state index in [1.54, 1.807) is 24.3 Å². The molecule has 0 radical (unpaired) electrons. The molecule has 0 atom stereocenters. The van der Waals surface area contributed by atoms with E-state index in [2.05, 4.69) is 14.7 Å². The summed E-state index contributed by atoms with van der Waals surface area (Å²) in [6, 6.07) is 8.91. The zero-order valence-electron chi connectivity index (χ0n) is 9.51. The molecule has 0 saturated carbocycles. The topological polar surface area (TPSA) is 92.3 Å². The van der Waals surface area contributed by atoms with Gasteiger partial charge in [-0.05, 0) is 0 Å². The number of rotatable bonds is 3. The number of Topliss-reactive ketones (excluding diaryl/α,β-unsaturated/α-hetero) is 1. The van der Waals surface area contributed by atoms with Gasteiger partial charge in [0.1, 0.15) is 5.82 Å². The van der Waals surface area contributed by atoms with Crippen molar-refractivity contribution in [3.63, 3.8) is 0 Å². The second-order valence-electron chi connectivity index (χ2n) is 3.47. The lowest BCUT2D eigenvalue weighted by Crippen LogP contribution is -2.16. The summed E-state index contributed by atoms with van der Waals surface area (Å²) in [5, 5.41) is 9.54. The molecule has 1 aromatic carbocycles. The van der Waals surface area contributed by atoms with Gasteiger partial charge in [0.15, 0.2) is 5.69 Å². The number of nitrogens with zero attached hydrogens (tertiary/aromatic N) is 1. The standard InChI is InChI=1S/C12H10N2O4/c1-18-12(17)9(15)8-11(16)14-10(13-8)7-5-3-2-4-6-7/h2-6,16H,1H3,(H,13,14). The van der Waals surface area contributed by atoms with Crippen molar-refractivity contribution in [2.24, 2.45) is 0 Å². The van der Waals surface area contributed by atoms with Gasteiger partial charge in [0, 0.05) is 5.56 Å². The van der Waals surface area contributed by atoms with E-state index in [0.29, 0.717) is 11.4 Å². The Hall–Kier alpha value is -2.63. The number of carbonyl (C=O) groups excluding carboxylic acids is 2.